The summed E-state index contributed by atoms with van der Waals surface area (Å²) in [7, 11) is 0. The summed E-state index contributed by atoms with van der Waals surface area (Å²) in [5.41, 5.74) is 1.50. The van der Waals surface area contributed by atoms with Gasteiger partial charge < -0.3 is 0 Å². The minimum Gasteiger partial charge on any atom is -0.0623 e. The molecule has 0 atom stereocenters. The van der Waals surface area contributed by atoms with Gasteiger partial charge >= 0.3 is 0 Å². The van der Waals surface area contributed by atoms with Crippen LogP contribution in [0, 0.1) is 0 Å². The van der Waals surface area contributed by atoms with Crippen molar-refractivity contribution in [3.8, 4) is 0 Å². The van der Waals surface area contributed by atoms with E-state index in [-0.39, 0.29) is 0 Å². The Balaban J connectivity index is 0.000000138. The molecule has 1 heteroatoms. The van der Waals surface area contributed by atoms with E-state index in [0.29, 0.717) is 0 Å². The second-order valence-electron chi connectivity index (χ2n) is 3.98. The smallest absolute Gasteiger partial charge is 0.0175 e. The van der Waals surface area contributed by atoms with Crippen molar-refractivity contribution in [2.45, 2.75) is 18.8 Å². The van der Waals surface area contributed by atoms with E-state index in [2.05, 4.69) is 40.2 Å². The van der Waals surface area contributed by atoms with Crippen molar-refractivity contribution >= 4 is 15.9 Å². The Morgan fingerprint density at radius 1 is 0.750 bits per heavy atom. The van der Waals surface area contributed by atoms with E-state index in [1.54, 1.807) is 0 Å². The molecule has 1 aliphatic carbocycles. The number of hydrogen-bond donors (Lipinski definition) is 0. The lowest BCUT2D eigenvalue weighted by Crippen LogP contribution is -1.75. The van der Waals surface area contributed by atoms with Crippen LogP contribution in [0.25, 0.3) is 0 Å². The fraction of sp³-hybridized carbons (Fsp3) is 0.200. The monoisotopic (exact) mass is 274 g/mol. The van der Waals surface area contributed by atoms with E-state index in [1.165, 1.54) is 22.9 Å². The quantitative estimate of drug-likeness (QED) is 0.686. The van der Waals surface area contributed by atoms with Gasteiger partial charge in [0, 0.05) is 4.47 Å². The topological polar surface area (TPSA) is 0 Å². The first-order chi connectivity index (χ1) is 7.86. The Hall–Kier alpha value is -1.08. The minimum atomic E-state index is 0.882. The molecule has 3 rings (SSSR count). The van der Waals surface area contributed by atoms with E-state index >= 15 is 0 Å². The highest BCUT2D eigenvalue weighted by atomic mass is 79.9. The van der Waals surface area contributed by atoms with E-state index in [4.69, 9.17) is 0 Å². The molecule has 0 unspecified atom stereocenters. The van der Waals surface area contributed by atoms with Gasteiger partial charge in [-0.05, 0) is 36.5 Å². The fourth-order valence-electron chi connectivity index (χ4n) is 1.54. The van der Waals surface area contributed by atoms with Crippen molar-refractivity contribution in [1.82, 2.24) is 0 Å². The summed E-state index contributed by atoms with van der Waals surface area (Å²) in [5.74, 6) is 0.882. The molecule has 0 aromatic heterocycles. The summed E-state index contributed by atoms with van der Waals surface area (Å²) in [6.45, 7) is 0. The summed E-state index contributed by atoms with van der Waals surface area (Å²) in [6, 6.07) is 20.7. The SMILES string of the molecule is Brc1ccc(C2CC2)cc1.c1ccccc1. The average Bonchev–Trinajstić information content (AvgIpc) is 3.17. The molecule has 0 heterocycles. The van der Waals surface area contributed by atoms with Crippen LogP contribution in [0.3, 0.4) is 0 Å². The molecule has 1 fully saturated rings. The highest BCUT2D eigenvalue weighted by molar-refractivity contribution is 9.10. The highest BCUT2D eigenvalue weighted by Gasteiger charge is 2.22. The second-order valence-corrected chi connectivity index (χ2v) is 4.90. The van der Waals surface area contributed by atoms with Crippen molar-refractivity contribution in [2.75, 3.05) is 0 Å². The third kappa shape index (κ3) is 3.82. The molecule has 0 aliphatic heterocycles. The van der Waals surface area contributed by atoms with Crippen LogP contribution in [0.2, 0.25) is 0 Å². The molecule has 1 aliphatic rings. The highest BCUT2D eigenvalue weighted by Crippen LogP contribution is 2.40. The molecule has 0 amide bonds. The number of benzene rings is 2. The lowest BCUT2D eigenvalue weighted by Gasteiger charge is -1.95. The van der Waals surface area contributed by atoms with Gasteiger partial charge in [0.2, 0.25) is 0 Å². The minimum absolute atomic E-state index is 0.882. The van der Waals surface area contributed by atoms with Crippen molar-refractivity contribution in [1.29, 1.82) is 0 Å². The molecule has 1 saturated carbocycles. The lowest BCUT2D eigenvalue weighted by molar-refractivity contribution is 1.13. The normalized spacial score (nSPS) is 13.8. The molecular formula is C15H15Br. The van der Waals surface area contributed by atoms with Crippen LogP contribution in [-0.2, 0) is 0 Å². The predicted molar refractivity (Wildman–Crippen MR) is 72.6 cm³/mol. The Bertz CT molecular complexity index is 375. The maximum atomic E-state index is 3.41. The van der Waals surface area contributed by atoms with E-state index in [1.807, 2.05) is 36.4 Å². The van der Waals surface area contributed by atoms with Gasteiger partial charge in [-0.25, -0.2) is 0 Å². The van der Waals surface area contributed by atoms with Gasteiger partial charge in [0.05, 0.1) is 0 Å². The first-order valence-electron chi connectivity index (χ1n) is 5.62. The summed E-state index contributed by atoms with van der Waals surface area (Å²) >= 11 is 3.41. The number of rotatable bonds is 1. The van der Waals surface area contributed by atoms with Gasteiger partial charge in [0.15, 0.2) is 0 Å². The van der Waals surface area contributed by atoms with Gasteiger partial charge in [0.25, 0.3) is 0 Å². The van der Waals surface area contributed by atoms with Crippen LogP contribution in [0.5, 0.6) is 0 Å². The van der Waals surface area contributed by atoms with Crippen LogP contribution in [0.15, 0.2) is 65.1 Å². The Labute approximate surface area is 105 Å². The fourth-order valence-corrected chi connectivity index (χ4v) is 1.80. The van der Waals surface area contributed by atoms with Crippen molar-refractivity contribution in [3.63, 3.8) is 0 Å². The molecule has 0 bridgehead atoms. The molecule has 0 N–H and O–H groups in total. The zero-order chi connectivity index (χ0) is 11.2. The van der Waals surface area contributed by atoms with Crippen LogP contribution in [-0.4, -0.2) is 0 Å². The Morgan fingerprint density at radius 3 is 1.56 bits per heavy atom. The third-order valence-electron chi connectivity index (χ3n) is 2.59. The molecule has 82 valence electrons. The molecule has 0 nitrogen and oxygen atoms in total. The largest absolute Gasteiger partial charge is 0.0623 e. The maximum Gasteiger partial charge on any atom is 0.0175 e. The van der Waals surface area contributed by atoms with Crippen LogP contribution in [0.1, 0.15) is 24.3 Å². The van der Waals surface area contributed by atoms with Crippen LogP contribution in [0.4, 0.5) is 0 Å². The van der Waals surface area contributed by atoms with Crippen molar-refractivity contribution in [3.05, 3.63) is 70.7 Å². The average molecular weight is 275 g/mol. The maximum absolute atomic E-state index is 3.41. The standard InChI is InChI=1S/C9H9Br.C6H6/c10-9-5-3-8(4-6-9)7-1-2-7;1-2-4-6-5-3-1/h3-7H,1-2H2;1-6H. The first kappa shape index (κ1) is 11.4. The molecule has 0 radical (unpaired) electrons. The molecule has 2 aromatic rings. The van der Waals surface area contributed by atoms with Crippen LogP contribution < -0.4 is 0 Å². The predicted octanol–water partition coefficient (Wildman–Crippen LogP) is 5.01. The molecule has 16 heavy (non-hydrogen) atoms. The zero-order valence-corrected chi connectivity index (χ0v) is 10.7. The van der Waals surface area contributed by atoms with E-state index < -0.39 is 0 Å². The molecule has 0 saturated heterocycles. The Morgan fingerprint density at radius 2 is 1.19 bits per heavy atom. The summed E-state index contributed by atoms with van der Waals surface area (Å²) < 4.78 is 1.18. The van der Waals surface area contributed by atoms with Crippen molar-refractivity contribution < 1.29 is 0 Å². The molecular weight excluding hydrogens is 260 g/mol. The summed E-state index contributed by atoms with van der Waals surface area (Å²) in [6.07, 6.45) is 2.78. The van der Waals surface area contributed by atoms with E-state index in [9.17, 15) is 0 Å². The van der Waals surface area contributed by atoms with E-state index in [0.717, 1.165) is 5.92 Å². The van der Waals surface area contributed by atoms with Gasteiger partial charge in [-0.3, -0.25) is 0 Å². The van der Waals surface area contributed by atoms with Gasteiger partial charge in [0.1, 0.15) is 0 Å². The number of halogens is 1. The van der Waals surface area contributed by atoms with Gasteiger partial charge in [-0.1, -0.05) is 64.5 Å². The molecule has 2 aromatic carbocycles. The number of hydrogen-bond acceptors (Lipinski definition) is 0. The molecule has 0 spiro atoms. The Kier molecular flexibility index (Phi) is 4.17. The summed E-state index contributed by atoms with van der Waals surface area (Å²) in [4.78, 5) is 0. The third-order valence-corrected chi connectivity index (χ3v) is 3.11. The second kappa shape index (κ2) is 5.86. The van der Waals surface area contributed by atoms with Gasteiger partial charge in [-0.15, -0.1) is 0 Å². The van der Waals surface area contributed by atoms with Crippen LogP contribution >= 0.6 is 15.9 Å². The zero-order valence-electron chi connectivity index (χ0n) is 9.14. The van der Waals surface area contributed by atoms with Gasteiger partial charge in [-0.2, -0.15) is 0 Å². The van der Waals surface area contributed by atoms with Crippen molar-refractivity contribution in [2.24, 2.45) is 0 Å². The first-order valence-corrected chi connectivity index (χ1v) is 6.41. The lowest BCUT2D eigenvalue weighted by atomic mass is 10.1. The summed E-state index contributed by atoms with van der Waals surface area (Å²) in [5, 5.41) is 0.